The van der Waals surface area contributed by atoms with E-state index >= 15 is 0 Å². The van der Waals surface area contributed by atoms with Gasteiger partial charge in [-0.3, -0.25) is 4.79 Å². The van der Waals surface area contributed by atoms with Crippen molar-refractivity contribution in [3.05, 3.63) is 29.8 Å². The van der Waals surface area contributed by atoms with Gasteiger partial charge in [0.2, 0.25) is 0 Å². The van der Waals surface area contributed by atoms with E-state index in [2.05, 4.69) is 31.4 Å². The zero-order valence-corrected chi connectivity index (χ0v) is 10.3. The minimum atomic E-state index is -0.968. The third-order valence-electron chi connectivity index (χ3n) is 1.18. The van der Waals surface area contributed by atoms with Crippen molar-refractivity contribution in [3.63, 3.8) is 0 Å². The molecule has 0 atom stereocenters. The number of hydrogen-bond acceptors (Lipinski definition) is 3. The first kappa shape index (κ1) is 16.4. The highest BCUT2D eigenvalue weighted by Crippen LogP contribution is 2.06. The molecule has 0 aliphatic carbocycles. The molecule has 0 saturated heterocycles. The van der Waals surface area contributed by atoms with Gasteiger partial charge in [-0.25, -0.2) is 0 Å². The van der Waals surface area contributed by atoms with Crippen LogP contribution in [0.25, 0.3) is 0 Å². The average molecular weight is 229 g/mol. The number of carboxylic acid groups (broad SMARTS) is 1. The monoisotopic (exact) mass is 229 g/mol. The number of rotatable bonds is 1. The van der Waals surface area contributed by atoms with Gasteiger partial charge in [0.1, 0.15) is 0 Å². The van der Waals surface area contributed by atoms with E-state index in [-0.39, 0.29) is 6.54 Å². The molecule has 0 saturated carbocycles. The summed E-state index contributed by atoms with van der Waals surface area (Å²) in [5.74, 6) is -0.968. The zero-order valence-electron chi connectivity index (χ0n) is 9.40. The highest BCUT2D eigenvalue weighted by atomic mass is 32.1. The molecule has 0 heterocycles. The SMILES string of the molecule is CC.Cc1cccc(S)c1.NCC(=O)O. The molecule has 15 heavy (non-hydrogen) atoms. The molecule has 0 radical (unpaired) electrons. The quantitative estimate of drug-likeness (QED) is 0.648. The summed E-state index contributed by atoms with van der Waals surface area (Å²) in [5.41, 5.74) is 5.83. The van der Waals surface area contributed by atoms with Crippen LogP contribution >= 0.6 is 12.6 Å². The second kappa shape index (κ2) is 11.1. The van der Waals surface area contributed by atoms with Crippen molar-refractivity contribution in [2.24, 2.45) is 5.73 Å². The van der Waals surface area contributed by atoms with Gasteiger partial charge in [0, 0.05) is 4.90 Å². The smallest absolute Gasteiger partial charge is 0.317 e. The molecule has 0 aromatic heterocycles. The van der Waals surface area contributed by atoms with Crippen molar-refractivity contribution >= 4 is 18.6 Å². The van der Waals surface area contributed by atoms with Crippen molar-refractivity contribution in [1.82, 2.24) is 0 Å². The molecule has 3 N–H and O–H groups in total. The van der Waals surface area contributed by atoms with Crippen LogP contribution in [-0.2, 0) is 4.79 Å². The fraction of sp³-hybridized carbons (Fsp3) is 0.364. The number of aliphatic carboxylic acids is 1. The predicted molar refractivity (Wildman–Crippen MR) is 66.5 cm³/mol. The molecule has 86 valence electrons. The van der Waals surface area contributed by atoms with Crippen LogP contribution in [0, 0.1) is 6.92 Å². The van der Waals surface area contributed by atoms with E-state index in [1.54, 1.807) is 0 Å². The number of benzene rings is 1. The first-order valence-corrected chi connectivity index (χ1v) is 5.18. The van der Waals surface area contributed by atoms with Gasteiger partial charge in [-0.1, -0.05) is 31.5 Å². The number of thiol groups is 1. The Morgan fingerprint density at radius 3 is 2.13 bits per heavy atom. The van der Waals surface area contributed by atoms with Crippen LogP contribution in [0.15, 0.2) is 29.2 Å². The Labute approximate surface area is 96.7 Å². The molecule has 0 fully saturated rings. The zero-order chi connectivity index (χ0) is 12.3. The second-order valence-electron chi connectivity index (χ2n) is 2.44. The normalized spacial score (nSPS) is 7.80. The van der Waals surface area contributed by atoms with Gasteiger partial charge < -0.3 is 10.8 Å². The largest absolute Gasteiger partial charge is 0.480 e. The van der Waals surface area contributed by atoms with Gasteiger partial charge in [-0.05, 0) is 19.1 Å². The van der Waals surface area contributed by atoms with Crippen molar-refractivity contribution in [1.29, 1.82) is 0 Å². The Morgan fingerprint density at radius 1 is 1.47 bits per heavy atom. The third-order valence-corrected chi connectivity index (χ3v) is 1.45. The second-order valence-corrected chi connectivity index (χ2v) is 2.95. The molecule has 1 aromatic rings. The fourth-order valence-electron chi connectivity index (χ4n) is 0.628. The lowest BCUT2D eigenvalue weighted by atomic mass is 10.2. The minimum absolute atomic E-state index is 0.278. The van der Waals surface area contributed by atoms with Crippen LogP contribution < -0.4 is 5.73 Å². The molecule has 0 aliphatic rings. The summed E-state index contributed by atoms with van der Waals surface area (Å²) >= 11 is 4.15. The lowest BCUT2D eigenvalue weighted by Crippen LogP contribution is -2.10. The van der Waals surface area contributed by atoms with Gasteiger partial charge in [-0.15, -0.1) is 12.6 Å². The molecule has 1 aromatic carbocycles. The fourth-order valence-corrected chi connectivity index (χ4v) is 0.918. The highest BCUT2D eigenvalue weighted by molar-refractivity contribution is 7.80. The van der Waals surface area contributed by atoms with Crippen LogP contribution in [0.5, 0.6) is 0 Å². The van der Waals surface area contributed by atoms with Crippen LogP contribution in [-0.4, -0.2) is 17.6 Å². The summed E-state index contributed by atoms with van der Waals surface area (Å²) in [5, 5.41) is 7.60. The summed E-state index contributed by atoms with van der Waals surface area (Å²) < 4.78 is 0. The number of aryl methyl sites for hydroxylation is 1. The van der Waals surface area contributed by atoms with E-state index < -0.39 is 5.97 Å². The summed E-state index contributed by atoms with van der Waals surface area (Å²) in [6, 6.07) is 8.05. The van der Waals surface area contributed by atoms with Gasteiger partial charge in [0.05, 0.1) is 6.54 Å². The molecule has 0 unspecified atom stereocenters. The average Bonchev–Trinajstić information content (AvgIpc) is 2.21. The molecule has 0 spiro atoms. The molecular formula is C11H19NO2S. The number of carbonyl (C=O) groups is 1. The van der Waals surface area contributed by atoms with Crippen LogP contribution in [0.3, 0.4) is 0 Å². The van der Waals surface area contributed by atoms with Crippen LogP contribution in [0.2, 0.25) is 0 Å². The Hall–Kier alpha value is -1.00. The van der Waals surface area contributed by atoms with Gasteiger partial charge >= 0.3 is 5.97 Å². The number of hydrogen-bond donors (Lipinski definition) is 3. The molecule has 0 aliphatic heterocycles. The van der Waals surface area contributed by atoms with Crippen molar-refractivity contribution < 1.29 is 9.90 Å². The van der Waals surface area contributed by atoms with E-state index in [0.717, 1.165) is 4.90 Å². The van der Waals surface area contributed by atoms with E-state index in [4.69, 9.17) is 5.11 Å². The summed E-state index contributed by atoms with van der Waals surface area (Å²) in [4.78, 5) is 10.3. The standard InChI is InChI=1S/C7H8S.C2H5NO2.C2H6/c1-6-3-2-4-7(8)5-6;3-1-2(4)5;1-2/h2-5,8H,1H3;1,3H2,(H,4,5);1-2H3. The van der Waals surface area contributed by atoms with Gasteiger partial charge in [0.15, 0.2) is 0 Å². The van der Waals surface area contributed by atoms with Crippen LogP contribution in [0.4, 0.5) is 0 Å². The van der Waals surface area contributed by atoms with Crippen molar-refractivity contribution in [3.8, 4) is 0 Å². The lowest BCUT2D eigenvalue weighted by molar-refractivity contribution is -0.135. The summed E-state index contributed by atoms with van der Waals surface area (Å²) in [6.07, 6.45) is 0. The third kappa shape index (κ3) is 13.0. The van der Waals surface area contributed by atoms with Crippen molar-refractivity contribution in [2.45, 2.75) is 25.7 Å². The predicted octanol–water partition coefficient (Wildman–Crippen LogP) is 2.34. The van der Waals surface area contributed by atoms with Crippen LogP contribution in [0.1, 0.15) is 19.4 Å². The van der Waals surface area contributed by atoms with Crippen molar-refractivity contribution in [2.75, 3.05) is 6.54 Å². The first-order valence-electron chi connectivity index (χ1n) is 4.73. The topological polar surface area (TPSA) is 63.3 Å². The minimum Gasteiger partial charge on any atom is -0.480 e. The van der Waals surface area contributed by atoms with E-state index in [1.165, 1.54) is 5.56 Å². The van der Waals surface area contributed by atoms with E-state index in [1.807, 2.05) is 32.0 Å². The first-order chi connectivity index (χ1) is 7.06. The summed E-state index contributed by atoms with van der Waals surface area (Å²) in [6.45, 7) is 5.78. The molecule has 0 amide bonds. The highest BCUT2D eigenvalue weighted by Gasteiger charge is 1.81. The van der Waals surface area contributed by atoms with Gasteiger partial charge in [-0.2, -0.15) is 0 Å². The van der Waals surface area contributed by atoms with E-state index in [0.29, 0.717) is 0 Å². The Morgan fingerprint density at radius 2 is 1.93 bits per heavy atom. The Balaban J connectivity index is 0. The molecule has 1 rings (SSSR count). The number of carboxylic acids is 1. The molecule has 0 bridgehead atoms. The Bertz CT molecular complexity index is 260. The van der Waals surface area contributed by atoms with E-state index in [9.17, 15) is 4.79 Å². The number of nitrogens with two attached hydrogens (primary N) is 1. The molecule has 4 heteroatoms. The maximum Gasteiger partial charge on any atom is 0.317 e. The lowest BCUT2D eigenvalue weighted by Gasteiger charge is -1.89. The molecule has 3 nitrogen and oxygen atoms in total. The summed E-state index contributed by atoms with van der Waals surface area (Å²) in [7, 11) is 0. The van der Waals surface area contributed by atoms with Gasteiger partial charge in [0.25, 0.3) is 0 Å². The Kier molecular flexibility index (Phi) is 12.1. The maximum atomic E-state index is 9.24. The maximum absolute atomic E-state index is 9.24. The molecular weight excluding hydrogens is 210 g/mol.